The molecule has 0 bridgehead atoms. The molecule has 5 nitrogen and oxygen atoms in total. The fourth-order valence-corrected chi connectivity index (χ4v) is 2.60. The molecule has 0 spiro atoms. The zero-order valence-electron chi connectivity index (χ0n) is 12.6. The van der Waals surface area contributed by atoms with Crippen LogP contribution in [0.1, 0.15) is 22.2 Å². The van der Waals surface area contributed by atoms with Crippen molar-refractivity contribution in [3.63, 3.8) is 0 Å². The largest absolute Gasteiger partial charge is 0.384 e. The summed E-state index contributed by atoms with van der Waals surface area (Å²) in [5, 5.41) is 10.5. The van der Waals surface area contributed by atoms with Gasteiger partial charge in [0, 0.05) is 26.1 Å². The van der Waals surface area contributed by atoms with Crippen LogP contribution in [0.3, 0.4) is 0 Å². The van der Waals surface area contributed by atoms with E-state index in [1.54, 1.807) is 30.6 Å². The van der Waals surface area contributed by atoms with Gasteiger partial charge in [-0.3, -0.25) is 4.79 Å². The van der Waals surface area contributed by atoms with Gasteiger partial charge in [-0.2, -0.15) is 0 Å². The molecular formula is C15H21NO4S. The van der Waals surface area contributed by atoms with E-state index in [0.717, 1.165) is 4.88 Å². The Morgan fingerprint density at radius 1 is 1.48 bits per heavy atom. The van der Waals surface area contributed by atoms with Crippen molar-refractivity contribution < 1.29 is 19.4 Å². The van der Waals surface area contributed by atoms with Gasteiger partial charge < -0.3 is 19.5 Å². The first kappa shape index (κ1) is 17.7. The van der Waals surface area contributed by atoms with E-state index in [-0.39, 0.29) is 18.6 Å². The Hall–Kier alpha value is -1.39. The maximum Gasteiger partial charge on any atom is 0.255 e. The highest BCUT2D eigenvalue weighted by Crippen LogP contribution is 2.17. The smallest absolute Gasteiger partial charge is 0.255 e. The number of aliphatic hydroxyl groups is 1. The van der Waals surface area contributed by atoms with E-state index in [4.69, 9.17) is 14.6 Å². The molecule has 0 aliphatic heterocycles. The van der Waals surface area contributed by atoms with Gasteiger partial charge in [0.1, 0.15) is 6.61 Å². The summed E-state index contributed by atoms with van der Waals surface area (Å²) in [7, 11) is 3.22. The Balaban J connectivity index is 2.85. The van der Waals surface area contributed by atoms with Crippen molar-refractivity contribution in [3.05, 3.63) is 21.9 Å². The van der Waals surface area contributed by atoms with Crippen molar-refractivity contribution in [3.8, 4) is 11.8 Å². The summed E-state index contributed by atoms with van der Waals surface area (Å²) in [5.74, 6) is 5.31. The number of methoxy groups -OCH3 is 2. The predicted octanol–water partition coefficient (Wildman–Crippen LogP) is 1.22. The van der Waals surface area contributed by atoms with Crippen molar-refractivity contribution >= 4 is 17.2 Å². The summed E-state index contributed by atoms with van der Waals surface area (Å²) in [6.45, 7) is 3.20. The van der Waals surface area contributed by atoms with Gasteiger partial charge >= 0.3 is 0 Å². The lowest BCUT2D eigenvalue weighted by Crippen LogP contribution is -2.42. The normalized spacial score (nSPS) is 11.6. The lowest BCUT2D eigenvalue weighted by atomic mass is 10.2. The van der Waals surface area contributed by atoms with Crippen molar-refractivity contribution in [2.24, 2.45) is 0 Å². The monoisotopic (exact) mass is 311 g/mol. The number of carbonyl (C=O) groups excluding carboxylic acids is 1. The molecule has 1 amide bonds. The molecule has 1 aromatic heterocycles. The van der Waals surface area contributed by atoms with E-state index in [1.807, 2.05) is 6.92 Å². The number of ether oxygens (including phenoxy) is 2. The zero-order valence-corrected chi connectivity index (χ0v) is 13.4. The van der Waals surface area contributed by atoms with Crippen LogP contribution in [0.2, 0.25) is 0 Å². The number of amides is 1. The predicted molar refractivity (Wildman–Crippen MR) is 82.5 cm³/mol. The van der Waals surface area contributed by atoms with Gasteiger partial charge in [0.25, 0.3) is 5.91 Å². The molecule has 0 fully saturated rings. The van der Waals surface area contributed by atoms with E-state index in [1.165, 1.54) is 11.3 Å². The fraction of sp³-hybridized carbons (Fsp3) is 0.533. The maximum atomic E-state index is 12.6. The topological polar surface area (TPSA) is 59.0 Å². The van der Waals surface area contributed by atoms with E-state index in [0.29, 0.717) is 25.3 Å². The number of hydrogen-bond acceptors (Lipinski definition) is 5. The van der Waals surface area contributed by atoms with E-state index >= 15 is 0 Å². The molecule has 1 N–H and O–H groups in total. The van der Waals surface area contributed by atoms with Crippen LogP contribution in [0.4, 0.5) is 0 Å². The van der Waals surface area contributed by atoms with Crippen LogP contribution in [0, 0.1) is 11.8 Å². The molecule has 0 aromatic carbocycles. The van der Waals surface area contributed by atoms with E-state index < -0.39 is 0 Å². The lowest BCUT2D eigenvalue weighted by Gasteiger charge is -2.28. The molecule has 1 atom stereocenters. The first-order chi connectivity index (χ1) is 10.1. The lowest BCUT2D eigenvalue weighted by molar-refractivity contribution is 0.0480. The third-order valence-corrected chi connectivity index (χ3v) is 3.72. The quantitative estimate of drug-likeness (QED) is 0.769. The average Bonchev–Trinajstić information content (AvgIpc) is 2.94. The first-order valence-electron chi connectivity index (χ1n) is 6.61. The maximum absolute atomic E-state index is 12.6. The summed E-state index contributed by atoms with van der Waals surface area (Å²) in [6.07, 6.45) is 0. The van der Waals surface area contributed by atoms with Crippen LogP contribution in [-0.4, -0.2) is 62.5 Å². The van der Waals surface area contributed by atoms with Gasteiger partial charge in [-0.05, 0) is 13.0 Å². The molecule has 0 radical (unpaired) electrons. The van der Waals surface area contributed by atoms with Crippen molar-refractivity contribution in [2.75, 3.05) is 40.6 Å². The van der Waals surface area contributed by atoms with Crippen molar-refractivity contribution in [1.29, 1.82) is 0 Å². The minimum Gasteiger partial charge on any atom is -0.384 e. The summed E-state index contributed by atoms with van der Waals surface area (Å²) in [5.41, 5.74) is 0.598. The highest BCUT2D eigenvalue weighted by Gasteiger charge is 2.22. The summed E-state index contributed by atoms with van der Waals surface area (Å²) < 4.78 is 10.2. The minimum absolute atomic E-state index is 0.0375. The molecule has 1 heterocycles. The second-order valence-corrected chi connectivity index (χ2v) is 5.37. The van der Waals surface area contributed by atoms with Crippen molar-refractivity contribution in [2.45, 2.75) is 13.0 Å². The van der Waals surface area contributed by atoms with Gasteiger partial charge in [0.15, 0.2) is 0 Å². The second-order valence-electron chi connectivity index (χ2n) is 4.46. The molecule has 0 aliphatic carbocycles. The minimum atomic E-state index is -0.188. The van der Waals surface area contributed by atoms with E-state index in [9.17, 15) is 4.79 Å². The molecule has 6 heteroatoms. The Kier molecular flexibility index (Phi) is 8.01. The van der Waals surface area contributed by atoms with Crippen molar-refractivity contribution in [1.82, 2.24) is 4.90 Å². The van der Waals surface area contributed by atoms with E-state index in [2.05, 4.69) is 11.8 Å². The number of aliphatic hydroxyl groups excluding tert-OH is 1. The van der Waals surface area contributed by atoms with Crippen LogP contribution < -0.4 is 0 Å². The Labute approximate surface area is 129 Å². The van der Waals surface area contributed by atoms with Crippen LogP contribution in [0.15, 0.2) is 11.4 Å². The average molecular weight is 311 g/mol. The highest BCUT2D eigenvalue weighted by atomic mass is 32.1. The molecular weight excluding hydrogens is 290 g/mol. The van der Waals surface area contributed by atoms with Gasteiger partial charge in [-0.15, -0.1) is 11.3 Å². The molecule has 1 unspecified atom stereocenters. The number of thiophene rings is 1. The first-order valence-corrected chi connectivity index (χ1v) is 7.49. The Morgan fingerprint density at radius 2 is 2.24 bits per heavy atom. The van der Waals surface area contributed by atoms with Gasteiger partial charge in [0.05, 0.1) is 29.7 Å². The molecule has 0 saturated heterocycles. The highest BCUT2D eigenvalue weighted by molar-refractivity contribution is 7.10. The van der Waals surface area contributed by atoms with Crippen LogP contribution in [-0.2, 0) is 9.47 Å². The SMILES string of the molecule is COCCN(C(=O)c1csc(C#CCO)c1)C(C)COC. The van der Waals surface area contributed by atoms with Crippen LogP contribution in [0.5, 0.6) is 0 Å². The molecule has 21 heavy (non-hydrogen) atoms. The summed E-state index contributed by atoms with van der Waals surface area (Å²) in [4.78, 5) is 15.1. The van der Waals surface area contributed by atoms with Gasteiger partial charge in [-0.25, -0.2) is 0 Å². The van der Waals surface area contributed by atoms with Crippen LogP contribution >= 0.6 is 11.3 Å². The van der Waals surface area contributed by atoms with Crippen LogP contribution in [0.25, 0.3) is 0 Å². The van der Waals surface area contributed by atoms with Gasteiger partial charge in [-0.1, -0.05) is 11.8 Å². The molecule has 0 saturated carbocycles. The number of nitrogens with zero attached hydrogens (tertiary/aromatic N) is 1. The third-order valence-electron chi connectivity index (χ3n) is 2.87. The third kappa shape index (κ3) is 5.48. The zero-order chi connectivity index (χ0) is 15.7. The second kappa shape index (κ2) is 9.53. The molecule has 0 aliphatic rings. The number of carbonyl (C=O) groups is 1. The number of hydrogen-bond donors (Lipinski definition) is 1. The Bertz CT molecular complexity index is 503. The fourth-order valence-electron chi connectivity index (χ4n) is 1.85. The molecule has 1 rings (SSSR count). The summed E-state index contributed by atoms with van der Waals surface area (Å²) in [6, 6.07) is 1.71. The Morgan fingerprint density at radius 3 is 2.86 bits per heavy atom. The molecule has 116 valence electrons. The number of rotatable bonds is 7. The van der Waals surface area contributed by atoms with Gasteiger partial charge in [0.2, 0.25) is 0 Å². The summed E-state index contributed by atoms with van der Waals surface area (Å²) >= 11 is 1.39. The standard InChI is InChI=1S/C15H21NO4S/c1-12(10-20-3)16(6-8-19-2)15(18)13-9-14(21-11-13)5-4-7-17/h9,11-12,17H,6-8,10H2,1-3H3. The molecule has 1 aromatic rings.